The average Bonchev–Trinajstić information content (AvgIpc) is 2.76. The molecule has 1 heterocycles. The van der Waals surface area contributed by atoms with Gasteiger partial charge in [0.15, 0.2) is 0 Å². The molecule has 0 radical (unpaired) electrons. The molecule has 0 saturated carbocycles. The second-order valence-corrected chi connectivity index (χ2v) is 8.67. The minimum Gasteiger partial charge on any atom is -0.339 e. The first-order chi connectivity index (χ1) is 15.7. The third-order valence-electron chi connectivity index (χ3n) is 6.45. The minimum atomic E-state index is -4.97. The third kappa shape index (κ3) is 5.54. The van der Waals surface area contributed by atoms with E-state index in [0.717, 1.165) is 5.56 Å². The van der Waals surface area contributed by atoms with Crippen molar-refractivity contribution < 1.29 is 35.5 Å². The smallest absolute Gasteiger partial charge is 0.339 e. The molecule has 1 aliphatic rings. The summed E-state index contributed by atoms with van der Waals surface area (Å²) >= 11 is 0. The Hall–Kier alpha value is -2.62. The van der Waals surface area contributed by atoms with Gasteiger partial charge in [-0.2, -0.15) is 26.3 Å². The maximum Gasteiger partial charge on any atom is 0.416 e. The molecule has 34 heavy (non-hydrogen) atoms. The second-order valence-electron chi connectivity index (χ2n) is 8.67. The normalized spacial score (nSPS) is 20.2. The first-order valence-electron chi connectivity index (χ1n) is 10.7. The number of nitrogens with one attached hydrogen (secondary N) is 1. The maximum absolute atomic E-state index is 13.6. The summed E-state index contributed by atoms with van der Waals surface area (Å²) in [5.41, 5.74) is -1.68. The van der Waals surface area contributed by atoms with Gasteiger partial charge in [-0.3, -0.25) is 4.79 Å². The van der Waals surface area contributed by atoms with Crippen LogP contribution in [0.25, 0.3) is 0 Å². The monoisotopic (exact) mass is 490 g/mol. The number of rotatable bonds is 4. The van der Waals surface area contributed by atoms with Crippen molar-refractivity contribution in [3.8, 4) is 0 Å². The number of halogens is 7. The standard InChI is InChI=1S/C24H25F7N2O/c1-13-8-18(25)4-5-19(13)21-12-32-7-6-20(21)22(34)33(3)14(2)15-9-16(23(26,27)28)11-17(10-15)24(29,30)31/h4-5,8-11,14,20-21,32H,6-7,12H2,1-3H3/t14-,20?,21?/m1/s1. The fraction of sp³-hybridized carbons (Fsp3) is 0.458. The van der Waals surface area contributed by atoms with Gasteiger partial charge in [0.2, 0.25) is 5.91 Å². The van der Waals surface area contributed by atoms with Gasteiger partial charge in [-0.1, -0.05) is 6.07 Å². The molecule has 186 valence electrons. The van der Waals surface area contributed by atoms with Crippen molar-refractivity contribution in [3.63, 3.8) is 0 Å². The Morgan fingerprint density at radius 1 is 1.03 bits per heavy atom. The Kier molecular flexibility index (Phi) is 7.31. The first kappa shape index (κ1) is 26.0. The van der Waals surface area contributed by atoms with E-state index in [1.165, 1.54) is 31.0 Å². The van der Waals surface area contributed by atoms with Crippen molar-refractivity contribution in [3.05, 3.63) is 70.0 Å². The highest BCUT2D eigenvalue weighted by molar-refractivity contribution is 5.80. The molecule has 10 heteroatoms. The Morgan fingerprint density at radius 2 is 1.62 bits per heavy atom. The van der Waals surface area contributed by atoms with Gasteiger partial charge in [0, 0.05) is 25.4 Å². The van der Waals surface area contributed by atoms with E-state index in [2.05, 4.69) is 5.32 Å². The topological polar surface area (TPSA) is 32.3 Å². The van der Waals surface area contributed by atoms with Crippen molar-refractivity contribution in [2.24, 2.45) is 5.92 Å². The molecular weight excluding hydrogens is 465 g/mol. The van der Waals surface area contributed by atoms with E-state index >= 15 is 0 Å². The number of aryl methyl sites for hydroxylation is 1. The Morgan fingerprint density at radius 3 is 2.15 bits per heavy atom. The highest BCUT2D eigenvalue weighted by Crippen LogP contribution is 2.39. The zero-order valence-electron chi connectivity index (χ0n) is 18.8. The predicted molar refractivity (Wildman–Crippen MR) is 112 cm³/mol. The van der Waals surface area contributed by atoms with Crippen molar-refractivity contribution in [1.29, 1.82) is 0 Å². The summed E-state index contributed by atoms with van der Waals surface area (Å²) in [5.74, 6) is -1.69. The number of carbonyl (C=O) groups excluding carboxylic acids is 1. The van der Waals surface area contributed by atoms with Crippen LogP contribution in [0.15, 0.2) is 36.4 Å². The van der Waals surface area contributed by atoms with Gasteiger partial charge in [0.25, 0.3) is 0 Å². The van der Waals surface area contributed by atoms with Crippen LogP contribution in [0.4, 0.5) is 30.7 Å². The molecule has 0 aromatic heterocycles. The molecule has 2 unspecified atom stereocenters. The number of piperidine rings is 1. The Labute approximate surface area is 192 Å². The average molecular weight is 490 g/mol. The van der Waals surface area contributed by atoms with Gasteiger partial charge in [0.1, 0.15) is 5.82 Å². The summed E-state index contributed by atoms with van der Waals surface area (Å²) in [4.78, 5) is 14.6. The zero-order chi connectivity index (χ0) is 25.4. The largest absolute Gasteiger partial charge is 0.416 e. The van der Waals surface area contributed by atoms with Crippen LogP contribution in [0.3, 0.4) is 0 Å². The zero-order valence-corrected chi connectivity index (χ0v) is 18.8. The lowest BCUT2D eigenvalue weighted by Gasteiger charge is -2.37. The van der Waals surface area contributed by atoms with Gasteiger partial charge in [-0.05, 0) is 73.8 Å². The number of alkyl halides is 6. The molecule has 3 rings (SSSR count). The van der Waals surface area contributed by atoms with E-state index in [1.54, 1.807) is 13.0 Å². The third-order valence-corrected chi connectivity index (χ3v) is 6.45. The molecule has 0 spiro atoms. The lowest BCUT2D eigenvalue weighted by Crippen LogP contribution is -2.44. The van der Waals surface area contributed by atoms with E-state index < -0.39 is 47.2 Å². The molecular formula is C24H25F7N2O. The quantitative estimate of drug-likeness (QED) is 0.527. The van der Waals surface area contributed by atoms with Crippen molar-refractivity contribution >= 4 is 5.91 Å². The van der Waals surface area contributed by atoms with E-state index in [0.29, 0.717) is 37.2 Å². The molecule has 0 bridgehead atoms. The lowest BCUT2D eigenvalue weighted by atomic mass is 9.79. The fourth-order valence-corrected chi connectivity index (χ4v) is 4.43. The molecule has 2 aromatic carbocycles. The summed E-state index contributed by atoms with van der Waals surface area (Å²) in [5, 5.41) is 3.19. The van der Waals surface area contributed by atoms with Gasteiger partial charge in [0.05, 0.1) is 17.2 Å². The Balaban J connectivity index is 1.94. The van der Waals surface area contributed by atoms with Crippen LogP contribution in [0, 0.1) is 18.7 Å². The molecule has 1 aliphatic heterocycles. The number of hydrogen-bond donors (Lipinski definition) is 1. The molecule has 1 N–H and O–H groups in total. The SMILES string of the molecule is Cc1cc(F)ccc1C1CNCCC1C(=O)N(C)[C@H](C)c1cc(C(F)(F)F)cc(C(F)(F)F)c1. The number of carbonyl (C=O) groups is 1. The van der Waals surface area contributed by atoms with Crippen molar-refractivity contribution in [1.82, 2.24) is 10.2 Å². The summed E-state index contributed by atoms with van der Waals surface area (Å²) in [6, 6.07) is 4.58. The van der Waals surface area contributed by atoms with E-state index in [1.807, 2.05) is 0 Å². The van der Waals surface area contributed by atoms with Crippen LogP contribution < -0.4 is 5.32 Å². The summed E-state index contributed by atoms with van der Waals surface area (Å²) < 4.78 is 93.2. The number of nitrogens with zero attached hydrogens (tertiary/aromatic N) is 1. The second kappa shape index (κ2) is 9.56. The van der Waals surface area contributed by atoms with Gasteiger partial charge >= 0.3 is 12.4 Å². The van der Waals surface area contributed by atoms with Gasteiger partial charge in [-0.15, -0.1) is 0 Å². The molecule has 1 saturated heterocycles. The van der Waals surface area contributed by atoms with Gasteiger partial charge < -0.3 is 10.2 Å². The van der Waals surface area contributed by atoms with Crippen LogP contribution in [0.1, 0.15) is 53.1 Å². The number of amides is 1. The van der Waals surface area contributed by atoms with Crippen molar-refractivity contribution in [2.75, 3.05) is 20.1 Å². The first-order valence-corrected chi connectivity index (χ1v) is 10.7. The molecule has 0 aliphatic carbocycles. The molecule has 1 fully saturated rings. The highest BCUT2D eigenvalue weighted by Gasteiger charge is 2.39. The molecule has 2 aromatic rings. The van der Waals surface area contributed by atoms with Crippen LogP contribution in [0.5, 0.6) is 0 Å². The summed E-state index contributed by atoms with van der Waals surface area (Å²) in [6.45, 7) is 4.08. The minimum absolute atomic E-state index is 0.0676. The lowest BCUT2D eigenvalue weighted by molar-refractivity contribution is -0.143. The highest BCUT2D eigenvalue weighted by atomic mass is 19.4. The summed E-state index contributed by atoms with van der Waals surface area (Å²) in [7, 11) is 1.37. The molecule has 1 amide bonds. The van der Waals surface area contributed by atoms with E-state index in [9.17, 15) is 35.5 Å². The number of benzene rings is 2. The molecule has 3 atom stereocenters. The number of hydrogen-bond acceptors (Lipinski definition) is 2. The van der Waals surface area contributed by atoms with E-state index in [-0.39, 0.29) is 17.5 Å². The van der Waals surface area contributed by atoms with Crippen LogP contribution >= 0.6 is 0 Å². The van der Waals surface area contributed by atoms with Crippen LogP contribution in [-0.4, -0.2) is 30.9 Å². The maximum atomic E-state index is 13.6. The Bertz CT molecular complexity index is 1020. The van der Waals surface area contributed by atoms with Crippen LogP contribution in [0.2, 0.25) is 0 Å². The van der Waals surface area contributed by atoms with Crippen LogP contribution in [-0.2, 0) is 17.1 Å². The van der Waals surface area contributed by atoms with Gasteiger partial charge in [-0.25, -0.2) is 4.39 Å². The van der Waals surface area contributed by atoms with Crippen molar-refractivity contribution in [2.45, 2.75) is 44.6 Å². The van der Waals surface area contributed by atoms with E-state index in [4.69, 9.17) is 0 Å². The fourth-order valence-electron chi connectivity index (χ4n) is 4.43. The molecule has 3 nitrogen and oxygen atoms in total. The predicted octanol–water partition coefficient (Wildman–Crippen LogP) is 6.08. The summed E-state index contributed by atoms with van der Waals surface area (Å²) in [6.07, 6.45) is -9.52.